The average molecular weight is 372 g/mol. The van der Waals surface area contributed by atoms with Crippen LogP contribution in [0.5, 0.6) is 17.2 Å². The molecule has 1 heterocycles. The van der Waals surface area contributed by atoms with Crippen molar-refractivity contribution < 1.29 is 18.8 Å². The molecule has 27 heavy (non-hydrogen) atoms. The van der Waals surface area contributed by atoms with Crippen LogP contribution in [-0.4, -0.2) is 17.0 Å². The summed E-state index contributed by atoms with van der Waals surface area (Å²) in [5.74, 6) is 0.389. The summed E-state index contributed by atoms with van der Waals surface area (Å²) in [7, 11) is 1.58. The predicted octanol–water partition coefficient (Wildman–Crippen LogP) is 5.81. The van der Waals surface area contributed by atoms with Gasteiger partial charge < -0.3 is 9.47 Å². The summed E-state index contributed by atoms with van der Waals surface area (Å²) in [5.41, 5.74) is 0.970. The fraction of sp³-hybridized carbons (Fsp3) is 0.250. The fourth-order valence-electron chi connectivity index (χ4n) is 2.39. The second-order valence-electron chi connectivity index (χ2n) is 5.83. The van der Waals surface area contributed by atoms with Crippen molar-refractivity contribution in [1.29, 1.82) is 0 Å². The minimum atomic E-state index is -0.950. The van der Waals surface area contributed by atoms with Crippen molar-refractivity contribution >= 4 is 16.6 Å². The van der Waals surface area contributed by atoms with Crippen molar-refractivity contribution in [3.8, 4) is 17.2 Å². The molecule has 7 heteroatoms. The largest absolute Gasteiger partial charge is 0.496 e. The molecule has 1 aromatic heterocycles. The van der Waals surface area contributed by atoms with Gasteiger partial charge in [0.05, 0.1) is 17.5 Å². The Labute approximate surface area is 156 Å². The molecule has 0 amide bonds. The van der Waals surface area contributed by atoms with Gasteiger partial charge in [-0.05, 0) is 30.7 Å². The van der Waals surface area contributed by atoms with Crippen molar-refractivity contribution in [3.05, 3.63) is 64.1 Å². The molecule has 0 N–H and O–H groups in total. The molecule has 3 aromatic rings. The number of halogens is 1. The zero-order chi connectivity index (χ0) is 20.0. The summed E-state index contributed by atoms with van der Waals surface area (Å²) in [6.07, 6.45) is 2.81. The topological polar surface area (TPSA) is 74.5 Å². The molecular weight excluding hydrogens is 351 g/mol. The molecule has 0 aliphatic heterocycles. The van der Waals surface area contributed by atoms with Gasteiger partial charge in [-0.2, -0.15) is 4.39 Å². The maximum Gasteiger partial charge on any atom is 0.305 e. The third-order valence-corrected chi connectivity index (χ3v) is 3.56. The van der Waals surface area contributed by atoms with Crippen molar-refractivity contribution in [1.82, 2.24) is 4.98 Å². The molecular formula is C20H21FN2O4. The molecule has 0 fully saturated rings. The van der Waals surface area contributed by atoms with E-state index >= 15 is 0 Å². The highest BCUT2D eigenvalue weighted by Gasteiger charge is 2.15. The van der Waals surface area contributed by atoms with Gasteiger partial charge in [-0.3, -0.25) is 15.1 Å². The number of benzene rings is 2. The van der Waals surface area contributed by atoms with E-state index in [2.05, 4.69) is 18.8 Å². The first-order chi connectivity index (χ1) is 12.9. The average Bonchev–Trinajstić information content (AvgIpc) is 2.62. The van der Waals surface area contributed by atoms with Gasteiger partial charge in [0.15, 0.2) is 0 Å². The lowest BCUT2D eigenvalue weighted by atomic mass is 10.1. The van der Waals surface area contributed by atoms with E-state index in [-0.39, 0.29) is 5.75 Å². The van der Waals surface area contributed by atoms with Crippen LogP contribution in [0, 0.1) is 22.9 Å². The number of rotatable bonds is 4. The smallest absolute Gasteiger partial charge is 0.305 e. The lowest BCUT2D eigenvalue weighted by Gasteiger charge is -2.11. The number of hydrogen-bond acceptors (Lipinski definition) is 5. The minimum Gasteiger partial charge on any atom is -0.496 e. The number of methoxy groups -OCH3 is 1. The van der Waals surface area contributed by atoms with Crippen molar-refractivity contribution in [3.63, 3.8) is 0 Å². The number of pyridine rings is 1. The molecule has 0 unspecified atom stereocenters. The first-order valence-electron chi connectivity index (χ1n) is 8.46. The Morgan fingerprint density at radius 2 is 1.85 bits per heavy atom. The van der Waals surface area contributed by atoms with Crippen molar-refractivity contribution in [2.45, 2.75) is 27.2 Å². The van der Waals surface area contributed by atoms with Crippen LogP contribution in [0.4, 0.5) is 10.1 Å². The number of aryl methyl sites for hydroxylation is 1. The van der Waals surface area contributed by atoms with E-state index in [1.807, 2.05) is 13.0 Å². The summed E-state index contributed by atoms with van der Waals surface area (Å²) in [6, 6.07) is 8.70. The summed E-state index contributed by atoms with van der Waals surface area (Å²) in [4.78, 5) is 14.2. The molecule has 0 atom stereocenters. The lowest BCUT2D eigenvalue weighted by molar-refractivity contribution is -0.387. The highest BCUT2D eigenvalue weighted by molar-refractivity contribution is 5.87. The first-order valence-corrected chi connectivity index (χ1v) is 8.46. The molecule has 0 saturated heterocycles. The van der Waals surface area contributed by atoms with Gasteiger partial charge in [0, 0.05) is 29.8 Å². The Hall–Kier alpha value is -3.22. The van der Waals surface area contributed by atoms with Crippen LogP contribution in [0.25, 0.3) is 10.9 Å². The van der Waals surface area contributed by atoms with E-state index in [1.165, 1.54) is 12.5 Å². The number of aromatic nitrogens is 1. The predicted molar refractivity (Wildman–Crippen MR) is 102 cm³/mol. The highest BCUT2D eigenvalue weighted by atomic mass is 19.1. The van der Waals surface area contributed by atoms with Gasteiger partial charge in [0.2, 0.25) is 5.82 Å². The Kier molecular flexibility index (Phi) is 6.65. The molecule has 0 bridgehead atoms. The van der Waals surface area contributed by atoms with E-state index in [1.54, 1.807) is 25.4 Å². The van der Waals surface area contributed by atoms with Crippen LogP contribution in [0.15, 0.2) is 42.6 Å². The van der Waals surface area contributed by atoms with E-state index < -0.39 is 16.4 Å². The Bertz CT molecular complexity index is 960. The molecule has 0 saturated carbocycles. The Morgan fingerprint density at radius 1 is 1.15 bits per heavy atom. The van der Waals surface area contributed by atoms with Crippen LogP contribution in [0.2, 0.25) is 0 Å². The van der Waals surface area contributed by atoms with E-state index in [0.29, 0.717) is 17.0 Å². The van der Waals surface area contributed by atoms with Gasteiger partial charge in [-0.15, -0.1) is 0 Å². The Balaban J connectivity index is 0.000000817. The number of fused-ring (bicyclic) bond motifs is 1. The quantitative estimate of drug-likeness (QED) is 0.427. The lowest BCUT2D eigenvalue weighted by Crippen LogP contribution is -1.94. The normalized spacial score (nSPS) is 10.1. The summed E-state index contributed by atoms with van der Waals surface area (Å²) >= 11 is 0. The maximum atomic E-state index is 13.7. The van der Waals surface area contributed by atoms with E-state index in [9.17, 15) is 14.5 Å². The first kappa shape index (κ1) is 20.1. The molecule has 3 rings (SSSR count). The number of nitrogens with zero attached hydrogens (tertiary/aromatic N) is 2. The monoisotopic (exact) mass is 372 g/mol. The second-order valence-corrected chi connectivity index (χ2v) is 5.83. The SMILES string of the molecule is CCC.COc1cc2nccc(Oc3ccc([N+](=O)[O-])c(F)c3)c2cc1C. The summed E-state index contributed by atoms with van der Waals surface area (Å²) < 4.78 is 24.7. The molecule has 0 aliphatic carbocycles. The second kappa shape index (κ2) is 8.93. The third-order valence-electron chi connectivity index (χ3n) is 3.56. The van der Waals surface area contributed by atoms with Gasteiger partial charge in [-0.25, -0.2) is 0 Å². The fourth-order valence-corrected chi connectivity index (χ4v) is 2.39. The summed E-state index contributed by atoms with van der Waals surface area (Å²) in [5, 5.41) is 11.4. The number of ether oxygens (including phenoxy) is 2. The van der Waals surface area contributed by atoms with Crippen LogP contribution in [-0.2, 0) is 0 Å². The van der Waals surface area contributed by atoms with E-state index in [4.69, 9.17) is 9.47 Å². The highest BCUT2D eigenvalue weighted by Crippen LogP contribution is 2.33. The molecule has 0 aliphatic rings. The van der Waals surface area contributed by atoms with Crippen LogP contribution in [0.3, 0.4) is 0 Å². The number of nitro groups is 1. The Morgan fingerprint density at radius 3 is 2.44 bits per heavy atom. The van der Waals surface area contributed by atoms with Gasteiger partial charge in [0.1, 0.15) is 17.2 Å². The third kappa shape index (κ3) is 4.69. The molecule has 0 spiro atoms. The molecule has 6 nitrogen and oxygen atoms in total. The number of nitro benzene ring substituents is 1. The van der Waals surface area contributed by atoms with Crippen LogP contribution >= 0.6 is 0 Å². The van der Waals surface area contributed by atoms with E-state index in [0.717, 1.165) is 23.1 Å². The van der Waals surface area contributed by atoms with Crippen molar-refractivity contribution in [2.24, 2.45) is 0 Å². The zero-order valence-electron chi connectivity index (χ0n) is 15.7. The van der Waals surface area contributed by atoms with Gasteiger partial charge >= 0.3 is 5.69 Å². The zero-order valence-corrected chi connectivity index (χ0v) is 15.7. The minimum absolute atomic E-state index is 0.166. The van der Waals surface area contributed by atoms with Crippen LogP contribution in [0.1, 0.15) is 25.8 Å². The molecule has 142 valence electrons. The van der Waals surface area contributed by atoms with Gasteiger partial charge in [-0.1, -0.05) is 20.3 Å². The van der Waals surface area contributed by atoms with Gasteiger partial charge in [0.25, 0.3) is 0 Å². The standard InChI is InChI=1S/C17H13FN2O4.C3H8/c1-10-7-12-14(9-17(10)23-2)19-6-5-16(12)24-11-3-4-15(20(21)22)13(18)8-11;1-3-2/h3-9H,1-2H3;3H2,1-2H3. The molecule has 0 radical (unpaired) electrons. The van der Waals surface area contributed by atoms with Crippen LogP contribution < -0.4 is 9.47 Å². The number of hydrogen-bond donors (Lipinski definition) is 0. The van der Waals surface area contributed by atoms with Crippen molar-refractivity contribution in [2.75, 3.05) is 7.11 Å². The molecule has 2 aromatic carbocycles. The summed E-state index contributed by atoms with van der Waals surface area (Å²) in [6.45, 7) is 6.14. The maximum absolute atomic E-state index is 13.7.